The second-order valence-electron chi connectivity index (χ2n) is 3.97. The second kappa shape index (κ2) is 6.33. The first-order valence-corrected chi connectivity index (χ1v) is 6.73. The zero-order chi connectivity index (χ0) is 13.7. The fraction of sp³-hybridized carbons (Fsp3) is 0.214. The van der Waals surface area contributed by atoms with Gasteiger partial charge >= 0.3 is 0 Å². The maximum Gasteiger partial charge on any atom is 0.224 e. The highest BCUT2D eigenvalue weighted by atomic mass is 32.1. The van der Waals surface area contributed by atoms with Gasteiger partial charge in [-0.1, -0.05) is 6.07 Å². The molecule has 0 spiro atoms. The minimum Gasteiger partial charge on any atom is -0.495 e. The van der Waals surface area contributed by atoms with Gasteiger partial charge in [0.15, 0.2) is 0 Å². The van der Waals surface area contributed by atoms with Gasteiger partial charge in [-0.05, 0) is 30.0 Å². The summed E-state index contributed by atoms with van der Waals surface area (Å²) < 4.78 is 18.2. The van der Waals surface area contributed by atoms with E-state index in [9.17, 15) is 9.18 Å². The summed E-state index contributed by atoms with van der Waals surface area (Å²) >= 11 is 1.62. The van der Waals surface area contributed by atoms with Crippen LogP contribution in [0.3, 0.4) is 0 Å². The van der Waals surface area contributed by atoms with Crippen molar-refractivity contribution in [1.82, 2.24) is 0 Å². The number of aryl methyl sites for hydroxylation is 1. The normalized spacial score (nSPS) is 10.2. The molecule has 5 heteroatoms. The Morgan fingerprint density at radius 1 is 1.42 bits per heavy atom. The van der Waals surface area contributed by atoms with Gasteiger partial charge in [-0.15, -0.1) is 11.3 Å². The number of anilines is 1. The number of hydrogen-bond acceptors (Lipinski definition) is 3. The molecule has 2 aromatic rings. The molecule has 1 N–H and O–H groups in total. The summed E-state index contributed by atoms with van der Waals surface area (Å²) in [6.45, 7) is 0. The van der Waals surface area contributed by atoms with Gasteiger partial charge in [-0.2, -0.15) is 0 Å². The standard InChI is InChI=1S/C14H14FNO2S/c1-18-13-6-4-10(15)9-12(13)16-14(17)7-5-11-3-2-8-19-11/h2-4,6,8-9H,5,7H2,1H3,(H,16,17). The molecule has 0 aliphatic rings. The molecule has 100 valence electrons. The highest BCUT2D eigenvalue weighted by Crippen LogP contribution is 2.25. The van der Waals surface area contributed by atoms with E-state index in [-0.39, 0.29) is 5.91 Å². The lowest BCUT2D eigenvalue weighted by Gasteiger charge is -2.09. The van der Waals surface area contributed by atoms with Gasteiger partial charge < -0.3 is 10.1 Å². The molecule has 0 unspecified atom stereocenters. The molecule has 0 atom stereocenters. The van der Waals surface area contributed by atoms with E-state index < -0.39 is 5.82 Å². The Kier molecular flexibility index (Phi) is 4.52. The van der Waals surface area contributed by atoms with Crippen LogP contribution < -0.4 is 10.1 Å². The van der Waals surface area contributed by atoms with Crippen LogP contribution in [0.4, 0.5) is 10.1 Å². The average Bonchev–Trinajstić information content (AvgIpc) is 2.90. The van der Waals surface area contributed by atoms with E-state index in [0.717, 1.165) is 4.88 Å². The number of methoxy groups -OCH3 is 1. The molecule has 1 aromatic heterocycles. The Morgan fingerprint density at radius 3 is 2.95 bits per heavy atom. The van der Waals surface area contributed by atoms with E-state index in [1.807, 2.05) is 17.5 Å². The quantitative estimate of drug-likeness (QED) is 0.910. The van der Waals surface area contributed by atoms with Crippen LogP contribution in [0.15, 0.2) is 35.7 Å². The highest BCUT2D eigenvalue weighted by Gasteiger charge is 2.09. The van der Waals surface area contributed by atoms with E-state index in [1.165, 1.54) is 25.3 Å². The summed E-state index contributed by atoms with van der Waals surface area (Å²) in [5.74, 6) is -0.113. The highest BCUT2D eigenvalue weighted by molar-refractivity contribution is 7.09. The molecule has 2 rings (SSSR count). The molecule has 3 nitrogen and oxygen atoms in total. The minimum atomic E-state index is -0.408. The van der Waals surface area contributed by atoms with E-state index in [2.05, 4.69) is 5.32 Å². The van der Waals surface area contributed by atoms with Crippen molar-refractivity contribution in [3.05, 3.63) is 46.4 Å². The number of amides is 1. The number of benzene rings is 1. The molecule has 0 aliphatic carbocycles. The Balaban J connectivity index is 1.96. The molecular weight excluding hydrogens is 265 g/mol. The van der Waals surface area contributed by atoms with E-state index in [1.54, 1.807) is 11.3 Å². The number of carbonyl (C=O) groups is 1. The van der Waals surface area contributed by atoms with Crippen LogP contribution in [0, 0.1) is 5.82 Å². The van der Waals surface area contributed by atoms with E-state index in [0.29, 0.717) is 24.3 Å². The molecule has 0 bridgehead atoms. The predicted molar refractivity (Wildman–Crippen MR) is 74.2 cm³/mol. The Hall–Kier alpha value is -1.88. The molecule has 19 heavy (non-hydrogen) atoms. The minimum absolute atomic E-state index is 0.155. The Labute approximate surface area is 115 Å². The van der Waals surface area contributed by atoms with Crippen molar-refractivity contribution in [2.24, 2.45) is 0 Å². The SMILES string of the molecule is COc1ccc(F)cc1NC(=O)CCc1cccs1. The largest absolute Gasteiger partial charge is 0.495 e. The molecule has 1 heterocycles. The van der Waals surface area contributed by atoms with E-state index in [4.69, 9.17) is 4.74 Å². The average molecular weight is 279 g/mol. The topological polar surface area (TPSA) is 38.3 Å². The third-order valence-corrected chi connectivity index (χ3v) is 3.55. The molecule has 0 aliphatic heterocycles. The van der Waals surface area contributed by atoms with Gasteiger partial charge in [0.1, 0.15) is 11.6 Å². The van der Waals surface area contributed by atoms with Crippen LogP contribution in [0.1, 0.15) is 11.3 Å². The van der Waals surface area contributed by atoms with E-state index >= 15 is 0 Å². The summed E-state index contributed by atoms with van der Waals surface area (Å²) in [6.07, 6.45) is 1.04. The second-order valence-corrected chi connectivity index (χ2v) is 5.00. The number of ether oxygens (including phenoxy) is 1. The Morgan fingerprint density at radius 2 is 2.26 bits per heavy atom. The van der Waals surface area contributed by atoms with Crippen molar-refractivity contribution in [3.8, 4) is 5.75 Å². The van der Waals surface area contributed by atoms with Crippen LogP contribution in [0.25, 0.3) is 0 Å². The van der Waals surface area contributed by atoms with Crippen LogP contribution in [0.5, 0.6) is 5.75 Å². The number of nitrogens with one attached hydrogen (secondary N) is 1. The maximum atomic E-state index is 13.1. The first-order chi connectivity index (χ1) is 9.19. The zero-order valence-electron chi connectivity index (χ0n) is 10.5. The number of thiophene rings is 1. The predicted octanol–water partition coefficient (Wildman–Crippen LogP) is 3.47. The third kappa shape index (κ3) is 3.79. The smallest absolute Gasteiger partial charge is 0.224 e. The van der Waals surface area contributed by atoms with Crippen molar-refractivity contribution >= 4 is 22.9 Å². The first kappa shape index (κ1) is 13.5. The molecule has 0 saturated heterocycles. The lowest BCUT2D eigenvalue weighted by molar-refractivity contribution is -0.116. The van der Waals surface area contributed by atoms with Crippen molar-refractivity contribution in [3.63, 3.8) is 0 Å². The summed E-state index contributed by atoms with van der Waals surface area (Å²) in [7, 11) is 1.48. The maximum absolute atomic E-state index is 13.1. The zero-order valence-corrected chi connectivity index (χ0v) is 11.3. The molecule has 0 saturated carbocycles. The monoisotopic (exact) mass is 279 g/mol. The summed E-state index contributed by atoms with van der Waals surface area (Å²) in [6, 6.07) is 7.97. The fourth-order valence-electron chi connectivity index (χ4n) is 1.68. The number of carbonyl (C=O) groups excluding carboxylic acids is 1. The number of halogens is 1. The fourth-order valence-corrected chi connectivity index (χ4v) is 2.39. The van der Waals surface area contributed by atoms with Crippen LogP contribution in [-0.2, 0) is 11.2 Å². The summed E-state index contributed by atoms with van der Waals surface area (Å²) in [5, 5.41) is 4.64. The number of rotatable bonds is 5. The lowest BCUT2D eigenvalue weighted by atomic mass is 10.2. The van der Waals surface area contributed by atoms with Gasteiger partial charge in [0.2, 0.25) is 5.91 Å². The first-order valence-electron chi connectivity index (χ1n) is 5.85. The summed E-state index contributed by atoms with van der Waals surface area (Å²) in [4.78, 5) is 13.0. The number of hydrogen-bond donors (Lipinski definition) is 1. The lowest BCUT2D eigenvalue weighted by Crippen LogP contribution is -2.13. The van der Waals surface area contributed by atoms with Gasteiger partial charge in [0.25, 0.3) is 0 Å². The van der Waals surface area contributed by atoms with Crippen molar-refractivity contribution in [2.45, 2.75) is 12.8 Å². The van der Waals surface area contributed by atoms with Gasteiger partial charge in [-0.3, -0.25) is 4.79 Å². The van der Waals surface area contributed by atoms with Crippen molar-refractivity contribution in [1.29, 1.82) is 0 Å². The van der Waals surface area contributed by atoms with Crippen molar-refractivity contribution < 1.29 is 13.9 Å². The summed E-state index contributed by atoms with van der Waals surface area (Å²) in [5.41, 5.74) is 0.360. The van der Waals surface area contributed by atoms with Gasteiger partial charge in [0.05, 0.1) is 12.8 Å². The molecule has 0 radical (unpaired) electrons. The molecular formula is C14H14FNO2S. The van der Waals surface area contributed by atoms with Crippen LogP contribution >= 0.6 is 11.3 Å². The molecule has 1 amide bonds. The van der Waals surface area contributed by atoms with Crippen molar-refractivity contribution in [2.75, 3.05) is 12.4 Å². The van der Waals surface area contributed by atoms with Crippen LogP contribution in [0.2, 0.25) is 0 Å². The Bertz CT molecular complexity index is 555. The molecule has 0 fully saturated rings. The molecule has 1 aromatic carbocycles. The van der Waals surface area contributed by atoms with Gasteiger partial charge in [0, 0.05) is 17.4 Å². The van der Waals surface area contributed by atoms with Gasteiger partial charge in [-0.25, -0.2) is 4.39 Å². The third-order valence-electron chi connectivity index (χ3n) is 2.61. The van der Waals surface area contributed by atoms with Crippen LogP contribution in [-0.4, -0.2) is 13.0 Å².